The van der Waals surface area contributed by atoms with Crippen LogP contribution in [0, 0.1) is 11.3 Å². The molecule has 2 heterocycles. The SMILES string of the molecule is CCOC1=C=CC(CN2CCOCC2)=NC(NC(N)=NCC(CC)C/C=C(\CC)C(C)(C)C)=N1. The fourth-order valence-electron chi connectivity index (χ4n) is 3.84. The van der Waals surface area contributed by atoms with Crippen molar-refractivity contribution >= 4 is 17.6 Å². The highest BCUT2D eigenvalue weighted by atomic mass is 16.5. The smallest absolute Gasteiger partial charge is 0.263 e. The Morgan fingerprint density at radius 1 is 1.29 bits per heavy atom. The van der Waals surface area contributed by atoms with E-state index in [1.807, 2.05) is 13.0 Å². The molecular weight excluding hydrogens is 428 g/mol. The molecule has 0 radical (unpaired) electrons. The molecule has 1 saturated heterocycles. The zero-order valence-corrected chi connectivity index (χ0v) is 22.0. The third-order valence-corrected chi connectivity index (χ3v) is 5.97. The molecule has 0 aromatic carbocycles. The first-order valence-corrected chi connectivity index (χ1v) is 12.6. The average Bonchev–Trinajstić information content (AvgIpc) is 2.97. The fraction of sp³-hybridized carbons (Fsp3) is 0.692. The van der Waals surface area contributed by atoms with E-state index in [1.54, 1.807) is 0 Å². The van der Waals surface area contributed by atoms with Crippen LogP contribution in [0.15, 0.2) is 44.3 Å². The highest BCUT2D eigenvalue weighted by Crippen LogP contribution is 2.29. The Bertz CT molecular complexity index is 838. The molecule has 0 bridgehead atoms. The van der Waals surface area contributed by atoms with E-state index < -0.39 is 0 Å². The van der Waals surface area contributed by atoms with Crippen LogP contribution in [-0.4, -0.2) is 68.5 Å². The molecule has 0 saturated carbocycles. The van der Waals surface area contributed by atoms with Crippen molar-refractivity contribution in [3.63, 3.8) is 0 Å². The van der Waals surface area contributed by atoms with E-state index in [1.165, 1.54) is 5.57 Å². The van der Waals surface area contributed by atoms with E-state index in [0.29, 0.717) is 43.4 Å². The number of morpholine rings is 1. The zero-order chi connectivity index (χ0) is 25.0. The van der Waals surface area contributed by atoms with Crippen molar-refractivity contribution in [3.8, 4) is 0 Å². The minimum atomic E-state index is 0.200. The summed E-state index contributed by atoms with van der Waals surface area (Å²) >= 11 is 0. The molecule has 8 nitrogen and oxygen atoms in total. The molecule has 2 rings (SSSR count). The molecule has 0 aliphatic carbocycles. The third-order valence-electron chi connectivity index (χ3n) is 5.97. The van der Waals surface area contributed by atoms with Gasteiger partial charge in [-0.2, -0.15) is 4.99 Å². The van der Waals surface area contributed by atoms with Gasteiger partial charge in [0.15, 0.2) is 5.96 Å². The Balaban J connectivity index is 2.06. The normalized spacial score (nSPS) is 19.2. The number of hydrogen-bond acceptors (Lipinski definition) is 6. The number of nitrogens with two attached hydrogens (primary N) is 1. The van der Waals surface area contributed by atoms with Crippen LogP contribution in [0.25, 0.3) is 0 Å². The number of rotatable bonds is 10. The van der Waals surface area contributed by atoms with Crippen molar-refractivity contribution in [1.82, 2.24) is 10.2 Å². The van der Waals surface area contributed by atoms with E-state index in [0.717, 1.165) is 51.3 Å². The molecule has 0 aromatic rings. The van der Waals surface area contributed by atoms with Gasteiger partial charge in [-0.25, -0.2) is 4.99 Å². The lowest BCUT2D eigenvalue weighted by molar-refractivity contribution is 0.0454. The molecule has 0 amide bonds. The molecule has 190 valence electrons. The monoisotopic (exact) mass is 472 g/mol. The number of nitrogens with zero attached hydrogens (tertiary/aromatic N) is 4. The lowest BCUT2D eigenvalue weighted by Crippen LogP contribution is -2.40. The summed E-state index contributed by atoms with van der Waals surface area (Å²) in [7, 11) is 0. The lowest BCUT2D eigenvalue weighted by atomic mass is 9.83. The second-order valence-corrected chi connectivity index (χ2v) is 9.65. The predicted octanol–water partition coefficient (Wildman–Crippen LogP) is 3.87. The van der Waals surface area contributed by atoms with Crippen molar-refractivity contribution in [2.24, 2.45) is 32.0 Å². The molecule has 3 N–H and O–H groups in total. The van der Waals surface area contributed by atoms with Crippen LogP contribution in [0.1, 0.15) is 60.8 Å². The Hall–Kier alpha value is -2.41. The minimum Gasteiger partial charge on any atom is -0.472 e. The van der Waals surface area contributed by atoms with Crippen LogP contribution in [0.4, 0.5) is 0 Å². The summed E-state index contributed by atoms with van der Waals surface area (Å²) in [4.78, 5) is 16.0. The third kappa shape index (κ3) is 9.84. The summed E-state index contributed by atoms with van der Waals surface area (Å²) in [6.07, 6.45) is 7.32. The summed E-state index contributed by atoms with van der Waals surface area (Å²) in [6.45, 7) is 18.2. The molecule has 34 heavy (non-hydrogen) atoms. The molecule has 1 fully saturated rings. The number of allylic oxidation sites excluding steroid dienone is 2. The molecule has 0 spiro atoms. The number of hydrogen-bond donors (Lipinski definition) is 2. The first-order chi connectivity index (χ1) is 16.2. The molecular formula is C26H44N6O2. The summed E-state index contributed by atoms with van der Waals surface area (Å²) in [5, 5.41) is 3.07. The van der Waals surface area contributed by atoms with Gasteiger partial charge in [-0.1, -0.05) is 58.4 Å². The van der Waals surface area contributed by atoms with Gasteiger partial charge in [0, 0.05) is 32.3 Å². The van der Waals surface area contributed by atoms with Gasteiger partial charge in [0.05, 0.1) is 25.5 Å². The van der Waals surface area contributed by atoms with Gasteiger partial charge < -0.3 is 15.2 Å². The van der Waals surface area contributed by atoms with Crippen LogP contribution >= 0.6 is 0 Å². The van der Waals surface area contributed by atoms with Gasteiger partial charge in [0.2, 0.25) is 5.96 Å². The van der Waals surface area contributed by atoms with Crippen molar-refractivity contribution in [1.29, 1.82) is 0 Å². The Morgan fingerprint density at radius 2 is 2.03 bits per heavy atom. The average molecular weight is 473 g/mol. The van der Waals surface area contributed by atoms with Crippen LogP contribution in [0.5, 0.6) is 0 Å². The van der Waals surface area contributed by atoms with Crippen LogP contribution in [0.3, 0.4) is 0 Å². The standard InChI is InChI=1S/C26H44N6O2/c1-7-20(10-11-21(8-2)26(4,5)6)18-28-24(27)31-25-29-22(12-13-23(30-25)34-9-3)19-32-14-16-33-17-15-32/h11-12,20H,7-10,14-19H2,1-6H3,(H3,27,28,30,31)/b21-11+. The maximum Gasteiger partial charge on any atom is 0.263 e. The first kappa shape index (κ1) is 27.8. The van der Waals surface area contributed by atoms with E-state index in [9.17, 15) is 0 Å². The zero-order valence-electron chi connectivity index (χ0n) is 22.0. The summed E-state index contributed by atoms with van der Waals surface area (Å²) in [5.41, 5.74) is 11.8. The summed E-state index contributed by atoms with van der Waals surface area (Å²) in [6, 6.07) is 0. The van der Waals surface area contributed by atoms with Gasteiger partial charge >= 0.3 is 0 Å². The van der Waals surface area contributed by atoms with E-state index >= 15 is 0 Å². The van der Waals surface area contributed by atoms with Crippen molar-refractivity contribution in [3.05, 3.63) is 29.3 Å². The summed E-state index contributed by atoms with van der Waals surface area (Å²) < 4.78 is 11.0. The quantitative estimate of drug-likeness (QED) is 0.218. The Labute approximate surface area is 205 Å². The van der Waals surface area contributed by atoms with Gasteiger partial charge in [-0.05, 0) is 31.1 Å². The van der Waals surface area contributed by atoms with E-state index in [4.69, 9.17) is 15.2 Å². The highest BCUT2D eigenvalue weighted by Gasteiger charge is 2.16. The Morgan fingerprint density at radius 3 is 2.65 bits per heavy atom. The largest absolute Gasteiger partial charge is 0.472 e. The molecule has 0 aromatic heterocycles. The van der Waals surface area contributed by atoms with Crippen LogP contribution < -0.4 is 11.1 Å². The number of aliphatic imine (C=N–C) groups is 3. The van der Waals surface area contributed by atoms with Crippen molar-refractivity contribution in [2.45, 2.75) is 60.8 Å². The lowest BCUT2D eigenvalue weighted by Gasteiger charge is -2.26. The van der Waals surface area contributed by atoms with E-state index in [-0.39, 0.29) is 5.41 Å². The Kier molecular flexibility index (Phi) is 11.5. The van der Waals surface area contributed by atoms with Gasteiger partial charge in [-0.3, -0.25) is 15.2 Å². The number of nitrogens with one attached hydrogen (secondary N) is 1. The second-order valence-electron chi connectivity index (χ2n) is 9.65. The molecule has 2 aliphatic heterocycles. The van der Waals surface area contributed by atoms with Gasteiger partial charge in [0.1, 0.15) is 0 Å². The maximum absolute atomic E-state index is 6.22. The molecule has 8 heteroatoms. The minimum absolute atomic E-state index is 0.200. The van der Waals surface area contributed by atoms with Crippen molar-refractivity contribution in [2.75, 3.05) is 46.0 Å². The van der Waals surface area contributed by atoms with Crippen molar-refractivity contribution < 1.29 is 9.47 Å². The molecule has 1 unspecified atom stereocenters. The fourth-order valence-corrected chi connectivity index (χ4v) is 3.84. The predicted molar refractivity (Wildman–Crippen MR) is 141 cm³/mol. The maximum atomic E-state index is 6.22. The molecule has 1 atom stereocenters. The highest BCUT2D eigenvalue weighted by molar-refractivity contribution is 6.09. The second kappa shape index (κ2) is 14.1. The number of ether oxygens (including phenoxy) is 2. The molecule has 2 aliphatic rings. The van der Waals surface area contributed by atoms with Gasteiger partial charge in [0.25, 0.3) is 5.88 Å². The van der Waals surface area contributed by atoms with Gasteiger partial charge in [-0.15, -0.1) is 0 Å². The summed E-state index contributed by atoms with van der Waals surface area (Å²) in [5.74, 6) is 1.48. The topological polar surface area (TPSA) is 96.8 Å². The van der Waals surface area contributed by atoms with E-state index in [2.05, 4.69) is 71.6 Å². The number of guanidine groups is 2. The van der Waals surface area contributed by atoms with Crippen LogP contribution in [0.2, 0.25) is 0 Å². The van der Waals surface area contributed by atoms with Crippen LogP contribution in [-0.2, 0) is 9.47 Å². The first-order valence-electron chi connectivity index (χ1n) is 12.6.